The monoisotopic (exact) mass is 300 g/mol. The van der Waals surface area contributed by atoms with Crippen LogP contribution in [0.15, 0.2) is 36.4 Å². The molecule has 3 rings (SSSR count). The molecule has 0 fully saturated rings. The molecule has 1 aliphatic rings. The molecule has 21 heavy (non-hydrogen) atoms. The number of halogens is 1. The minimum Gasteiger partial charge on any atom is -0.506 e. The number of nitrogens with zero attached hydrogens (tertiary/aromatic N) is 2. The lowest BCUT2D eigenvalue weighted by atomic mass is 10.1. The summed E-state index contributed by atoms with van der Waals surface area (Å²) in [4.78, 5) is 13.5. The molecule has 0 atom stereocenters. The molecule has 0 spiro atoms. The van der Waals surface area contributed by atoms with Gasteiger partial charge in [-0.25, -0.2) is 0 Å². The van der Waals surface area contributed by atoms with Gasteiger partial charge in [-0.3, -0.25) is 9.69 Å². The van der Waals surface area contributed by atoms with E-state index in [1.165, 1.54) is 29.2 Å². The molecular formula is C15H9ClN2O3. The Morgan fingerprint density at radius 1 is 1.24 bits per heavy atom. The third-order valence-electron chi connectivity index (χ3n) is 3.11. The number of amides is 1. The van der Waals surface area contributed by atoms with Gasteiger partial charge < -0.3 is 9.84 Å². The van der Waals surface area contributed by atoms with E-state index < -0.39 is 0 Å². The molecule has 0 unspecified atom stereocenters. The second-order valence-electron chi connectivity index (χ2n) is 4.45. The molecular weight excluding hydrogens is 292 g/mol. The number of fused-ring (bicyclic) bond motifs is 1. The Kier molecular flexibility index (Phi) is 3.16. The van der Waals surface area contributed by atoms with Gasteiger partial charge in [-0.15, -0.1) is 0 Å². The van der Waals surface area contributed by atoms with Crippen molar-refractivity contribution in [1.29, 1.82) is 5.26 Å². The number of aromatic hydroxyl groups is 1. The molecule has 0 bridgehead atoms. The summed E-state index contributed by atoms with van der Waals surface area (Å²) >= 11 is 5.94. The zero-order valence-electron chi connectivity index (χ0n) is 10.7. The number of ether oxygens (including phenoxy) is 1. The lowest BCUT2D eigenvalue weighted by Gasteiger charge is -2.30. The van der Waals surface area contributed by atoms with E-state index in [4.69, 9.17) is 21.6 Å². The fourth-order valence-electron chi connectivity index (χ4n) is 2.16. The first kappa shape index (κ1) is 13.3. The molecule has 5 nitrogen and oxygen atoms in total. The number of phenolic OH excluding ortho intramolecular Hbond substituents is 1. The Bertz CT molecular complexity index is 783. The number of carbonyl (C=O) groups excluding carboxylic acids is 1. The van der Waals surface area contributed by atoms with Crippen LogP contribution in [0.3, 0.4) is 0 Å². The maximum absolute atomic E-state index is 12.2. The summed E-state index contributed by atoms with van der Waals surface area (Å²) in [6.07, 6.45) is 0. The summed E-state index contributed by atoms with van der Waals surface area (Å²) in [5.74, 6) is 0.0334. The van der Waals surface area contributed by atoms with E-state index in [9.17, 15) is 9.90 Å². The van der Waals surface area contributed by atoms with Gasteiger partial charge in [-0.05, 0) is 36.4 Å². The highest BCUT2D eigenvalue weighted by Crippen LogP contribution is 2.41. The minimum atomic E-state index is -0.352. The van der Waals surface area contributed by atoms with Crippen LogP contribution in [-0.2, 0) is 4.79 Å². The second kappa shape index (κ2) is 5.00. The minimum absolute atomic E-state index is 0.0806. The third-order valence-corrected chi connectivity index (χ3v) is 3.34. The number of hydrogen-bond donors (Lipinski definition) is 1. The third kappa shape index (κ3) is 2.26. The van der Waals surface area contributed by atoms with Crippen LogP contribution >= 0.6 is 11.6 Å². The van der Waals surface area contributed by atoms with E-state index in [1.807, 2.05) is 6.07 Å². The van der Waals surface area contributed by atoms with Gasteiger partial charge in [0.25, 0.3) is 5.91 Å². The highest BCUT2D eigenvalue weighted by atomic mass is 35.5. The normalized spacial score (nSPS) is 13.3. The van der Waals surface area contributed by atoms with Crippen molar-refractivity contribution in [2.24, 2.45) is 0 Å². The van der Waals surface area contributed by atoms with Crippen LogP contribution in [0.5, 0.6) is 11.5 Å². The van der Waals surface area contributed by atoms with Crippen LogP contribution in [0.1, 0.15) is 5.56 Å². The smallest absolute Gasteiger partial charge is 0.269 e. The van der Waals surface area contributed by atoms with Crippen LogP contribution in [-0.4, -0.2) is 17.6 Å². The predicted octanol–water partition coefficient (Wildman–Crippen LogP) is 2.97. The average molecular weight is 301 g/mol. The van der Waals surface area contributed by atoms with Crippen molar-refractivity contribution in [3.05, 3.63) is 47.0 Å². The Morgan fingerprint density at radius 3 is 2.81 bits per heavy atom. The van der Waals surface area contributed by atoms with Crippen molar-refractivity contribution in [3.63, 3.8) is 0 Å². The summed E-state index contributed by atoms with van der Waals surface area (Å²) < 4.78 is 5.34. The topological polar surface area (TPSA) is 73.6 Å². The molecule has 104 valence electrons. The summed E-state index contributed by atoms with van der Waals surface area (Å²) in [6, 6.07) is 11.2. The van der Waals surface area contributed by atoms with Gasteiger partial charge in [0.1, 0.15) is 11.5 Å². The molecule has 1 amide bonds. The van der Waals surface area contributed by atoms with Gasteiger partial charge in [-0.2, -0.15) is 5.26 Å². The van der Waals surface area contributed by atoms with Crippen molar-refractivity contribution < 1.29 is 14.6 Å². The Morgan fingerprint density at radius 2 is 2.05 bits per heavy atom. The number of anilines is 2. The second-order valence-corrected chi connectivity index (χ2v) is 4.88. The predicted molar refractivity (Wildman–Crippen MR) is 76.9 cm³/mol. The van der Waals surface area contributed by atoms with Gasteiger partial charge >= 0.3 is 0 Å². The van der Waals surface area contributed by atoms with Gasteiger partial charge in [0.05, 0.1) is 23.0 Å². The summed E-state index contributed by atoms with van der Waals surface area (Å²) in [5.41, 5.74) is 1.05. The van der Waals surface area contributed by atoms with Crippen molar-refractivity contribution in [3.8, 4) is 17.6 Å². The van der Waals surface area contributed by atoms with Crippen molar-refractivity contribution >= 4 is 28.9 Å². The summed E-state index contributed by atoms with van der Waals surface area (Å²) in [7, 11) is 0. The van der Waals surface area contributed by atoms with E-state index in [0.717, 1.165) is 0 Å². The van der Waals surface area contributed by atoms with Crippen LogP contribution in [0.25, 0.3) is 0 Å². The molecule has 6 heteroatoms. The maximum Gasteiger partial charge on any atom is 0.269 e. The molecule has 0 radical (unpaired) electrons. The highest BCUT2D eigenvalue weighted by Gasteiger charge is 2.29. The van der Waals surface area contributed by atoms with Crippen molar-refractivity contribution in [2.45, 2.75) is 0 Å². The van der Waals surface area contributed by atoms with E-state index in [1.54, 1.807) is 12.1 Å². The van der Waals surface area contributed by atoms with Gasteiger partial charge in [0, 0.05) is 5.02 Å². The number of nitriles is 1. The molecule has 0 aliphatic carbocycles. The van der Waals surface area contributed by atoms with E-state index in [2.05, 4.69) is 0 Å². The molecule has 0 saturated heterocycles. The molecule has 1 heterocycles. The zero-order chi connectivity index (χ0) is 15.0. The molecule has 0 aromatic heterocycles. The van der Waals surface area contributed by atoms with Crippen molar-refractivity contribution in [1.82, 2.24) is 0 Å². The maximum atomic E-state index is 12.2. The first-order valence-electron chi connectivity index (χ1n) is 6.08. The van der Waals surface area contributed by atoms with Crippen LogP contribution in [0.2, 0.25) is 5.02 Å². The largest absolute Gasteiger partial charge is 0.506 e. The number of carbonyl (C=O) groups is 1. The molecule has 2 aromatic carbocycles. The van der Waals surface area contributed by atoms with Gasteiger partial charge in [0.15, 0.2) is 6.61 Å². The number of rotatable bonds is 1. The van der Waals surface area contributed by atoms with Crippen LogP contribution in [0.4, 0.5) is 11.4 Å². The SMILES string of the molecule is N#Cc1ccc2c(c1)N(c1cc(Cl)ccc1O)C(=O)CO2. The first-order valence-corrected chi connectivity index (χ1v) is 6.46. The van der Waals surface area contributed by atoms with Crippen molar-refractivity contribution in [2.75, 3.05) is 11.5 Å². The summed E-state index contributed by atoms with van der Waals surface area (Å²) in [6.45, 7) is -0.148. The van der Waals surface area contributed by atoms with Crippen LogP contribution < -0.4 is 9.64 Å². The molecule has 1 N–H and O–H groups in total. The fourth-order valence-corrected chi connectivity index (χ4v) is 2.33. The van der Waals surface area contributed by atoms with E-state index >= 15 is 0 Å². The summed E-state index contributed by atoms with van der Waals surface area (Å²) in [5, 5.41) is 19.4. The first-order chi connectivity index (χ1) is 10.1. The highest BCUT2D eigenvalue weighted by molar-refractivity contribution is 6.31. The zero-order valence-corrected chi connectivity index (χ0v) is 11.5. The lowest BCUT2D eigenvalue weighted by Crippen LogP contribution is -2.35. The Labute approximate surface area is 125 Å². The lowest BCUT2D eigenvalue weighted by molar-refractivity contribution is -0.120. The standard InChI is InChI=1S/C15H9ClN2O3/c16-10-2-3-13(19)11(6-10)18-12-5-9(7-17)1-4-14(12)21-8-15(18)20/h1-6,19H,8H2. The Balaban J connectivity index is 2.21. The quantitative estimate of drug-likeness (QED) is 0.878. The van der Waals surface area contributed by atoms with Gasteiger partial charge in [0.2, 0.25) is 0 Å². The average Bonchev–Trinajstić information content (AvgIpc) is 2.49. The van der Waals surface area contributed by atoms with E-state index in [-0.39, 0.29) is 24.0 Å². The fraction of sp³-hybridized carbons (Fsp3) is 0.0667. The van der Waals surface area contributed by atoms with Gasteiger partial charge in [-0.1, -0.05) is 11.6 Å². The number of hydrogen-bond acceptors (Lipinski definition) is 4. The van der Waals surface area contributed by atoms with E-state index in [0.29, 0.717) is 22.0 Å². The molecule has 2 aromatic rings. The number of phenols is 1. The number of benzene rings is 2. The van der Waals surface area contributed by atoms with Crippen LogP contribution in [0, 0.1) is 11.3 Å². The Hall–Kier alpha value is -2.71. The molecule has 1 aliphatic heterocycles. The molecule has 0 saturated carbocycles.